The van der Waals surface area contributed by atoms with Crippen molar-refractivity contribution in [2.24, 2.45) is 0 Å². The van der Waals surface area contributed by atoms with Gasteiger partial charge in [0.05, 0.1) is 0 Å². The summed E-state index contributed by atoms with van der Waals surface area (Å²) in [5.41, 5.74) is 0.229. The van der Waals surface area contributed by atoms with E-state index in [2.05, 4.69) is 88.3 Å². The average molecular weight is 433 g/mol. The third kappa shape index (κ3) is 5.77. The Bertz CT molecular complexity index is 759. The van der Waals surface area contributed by atoms with Crippen LogP contribution in [-0.2, 0) is 0 Å². The van der Waals surface area contributed by atoms with E-state index in [4.69, 9.17) is 15.0 Å². The van der Waals surface area contributed by atoms with E-state index < -0.39 is 0 Å². The van der Waals surface area contributed by atoms with Gasteiger partial charge in [-0.2, -0.15) is 15.0 Å². The van der Waals surface area contributed by atoms with Crippen LogP contribution < -0.4 is 25.8 Å². The third-order valence-corrected chi connectivity index (χ3v) is 6.74. The highest BCUT2D eigenvalue weighted by molar-refractivity contribution is 5.46. The fraction of sp³-hybridized carbons (Fsp3) is 0.870. The van der Waals surface area contributed by atoms with Crippen LogP contribution in [0.15, 0.2) is 0 Å². The van der Waals surface area contributed by atoms with E-state index in [9.17, 15) is 0 Å². The first-order valence-electron chi connectivity index (χ1n) is 11.7. The zero-order chi connectivity index (χ0) is 23.2. The van der Waals surface area contributed by atoms with Crippen LogP contribution in [0, 0.1) is 0 Å². The molecule has 2 fully saturated rings. The van der Waals surface area contributed by atoms with Crippen LogP contribution in [0.25, 0.3) is 0 Å². The molecule has 2 saturated heterocycles. The maximum atomic E-state index is 4.95. The molecular weight excluding hydrogens is 388 g/mol. The molecule has 2 unspecified atom stereocenters. The number of hydrogen-bond donors (Lipinski definition) is 3. The summed E-state index contributed by atoms with van der Waals surface area (Å²) in [5.74, 6) is 2.09. The second-order valence-electron chi connectivity index (χ2n) is 11.7. The molecule has 0 aliphatic carbocycles. The Morgan fingerprint density at radius 3 is 1.77 bits per heavy atom. The highest BCUT2D eigenvalue weighted by Crippen LogP contribution is 2.33. The van der Waals surface area contributed by atoms with Crippen molar-refractivity contribution in [3.63, 3.8) is 0 Å². The second kappa shape index (κ2) is 8.35. The van der Waals surface area contributed by atoms with Crippen LogP contribution in [0.3, 0.4) is 0 Å². The molecule has 0 amide bonds. The molecule has 2 aliphatic rings. The van der Waals surface area contributed by atoms with Crippen molar-refractivity contribution in [3.8, 4) is 0 Å². The van der Waals surface area contributed by atoms with Gasteiger partial charge in [-0.25, -0.2) is 0 Å². The van der Waals surface area contributed by atoms with Gasteiger partial charge in [-0.3, -0.25) is 0 Å². The highest BCUT2D eigenvalue weighted by atomic mass is 15.4. The number of nitrogens with one attached hydrogen (secondary N) is 3. The summed E-state index contributed by atoms with van der Waals surface area (Å²) < 4.78 is 0. The lowest BCUT2D eigenvalue weighted by molar-refractivity contribution is 0.160. The topological polar surface area (TPSA) is 81.2 Å². The summed E-state index contributed by atoms with van der Waals surface area (Å²) in [6.45, 7) is 15.9. The molecule has 2 atom stereocenters. The first kappa shape index (κ1) is 24.0. The number of nitrogens with zero attached hydrogens (tertiary/aromatic N) is 5. The van der Waals surface area contributed by atoms with E-state index in [1.165, 1.54) is 0 Å². The third-order valence-electron chi connectivity index (χ3n) is 6.74. The predicted octanol–water partition coefficient (Wildman–Crippen LogP) is 3.01. The molecule has 1 aromatic rings. The summed E-state index contributed by atoms with van der Waals surface area (Å²) in [5, 5.41) is 10.6. The number of anilines is 3. The summed E-state index contributed by atoms with van der Waals surface area (Å²) >= 11 is 0. The molecule has 31 heavy (non-hydrogen) atoms. The fourth-order valence-corrected chi connectivity index (χ4v) is 5.81. The standard InChI is InChI=1S/C23H44N8/c1-15-11-16(12-21(2,3)28-15)30(9)19-25-18(24-8)26-20(27-19)31(10)17-13-22(4,5)29-23(6,7)14-17/h15-17,28-29H,11-14H2,1-10H3,(H,24,25,26,27). The average Bonchev–Trinajstić information content (AvgIpc) is 2.62. The van der Waals surface area contributed by atoms with E-state index in [1.54, 1.807) is 0 Å². The van der Waals surface area contributed by atoms with Gasteiger partial charge in [-0.1, -0.05) is 0 Å². The molecule has 8 nitrogen and oxygen atoms in total. The Hall–Kier alpha value is -1.67. The van der Waals surface area contributed by atoms with Crippen LogP contribution in [-0.4, -0.2) is 70.8 Å². The fourth-order valence-electron chi connectivity index (χ4n) is 5.81. The normalized spacial score (nSPS) is 27.5. The zero-order valence-corrected chi connectivity index (χ0v) is 21.3. The largest absolute Gasteiger partial charge is 0.357 e. The van der Waals surface area contributed by atoms with Crippen molar-refractivity contribution in [2.75, 3.05) is 36.3 Å². The van der Waals surface area contributed by atoms with Crippen LogP contribution in [0.2, 0.25) is 0 Å². The Balaban J connectivity index is 1.88. The molecule has 2 aliphatic heterocycles. The number of hydrogen-bond acceptors (Lipinski definition) is 8. The van der Waals surface area contributed by atoms with Gasteiger partial charge in [0, 0.05) is 55.9 Å². The second-order valence-corrected chi connectivity index (χ2v) is 11.7. The van der Waals surface area contributed by atoms with Crippen molar-refractivity contribution in [3.05, 3.63) is 0 Å². The highest BCUT2D eigenvalue weighted by Gasteiger charge is 2.40. The molecule has 8 heteroatoms. The van der Waals surface area contributed by atoms with E-state index >= 15 is 0 Å². The van der Waals surface area contributed by atoms with Gasteiger partial charge in [0.25, 0.3) is 0 Å². The lowest BCUT2D eigenvalue weighted by atomic mass is 9.79. The van der Waals surface area contributed by atoms with Gasteiger partial charge in [0.15, 0.2) is 0 Å². The van der Waals surface area contributed by atoms with Gasteiger partial charge >= 0.3 is 0 Å². The summed E-state index contributed by atoms with van der Waals surface area (Å²) in [6.07, 6.45) is 4.20. The van der Waals surface area contributed by atoms with Crippen molar-refractivity contribution >= 4 is 17.8 Å². The van der Waals surface area contributed by atoms with Crippen molar-refractivity contribution in [1.29, 1.82) is 0 Å². The van der Waals surface area contributed by atoms with E-state index in [-0.39, 0.29) is 16.6 Å². The minimum atomic E-state index is 0.0655. The Labute approximate surface area is 189 Å². The minimum Gasteiger partial charge on any atom is -0.357 e. The van der Waals surface area contributed by atoms with E-state index in [0.29, 0.717) is 24.1 Å². The molecule has 176 valence electrons. The van der Waals surface area contributed by atoms with Gasteiger partial charge in [-0.05, 0) is 74.1 Å². The first-order valence-corrected chi connectivity index (χ1v) is 11.7. The molecule has 1 aromatic heterocycles. The monoisotopic (exact) mass is 432 g/mol. The van der Waals surface area contributed by atoms with Crippen molar-refractivity contribution in [2.45, 2.75) is 109 Å². The quantitative estimate of drug-likeness (QED) is 0.655. The number of piperidine rings is 2. The Morgan fingerprint density at radius 1 is 0.806 bits per heavy atom. The molecule has 0 radical (unpaired) electrons. The van der Waals surface area contributed by atoms with Crippen LogP contribution in [0.5, 0.6) is 0 Å². The molecular formula is C23H44N8. The predicted molar refractivity (Wildman–Crippen MR) is 130 cm³/mol. The van der Waals surface area contributed by atoms with Crippen LogP contribution >= 0.6 is 0 Å². The SMILES string of the molecule is CNc1nc(N(C)C2CC(C)NC(C)(C)C2)nc(N(C)C2CC(C)(C)NC(C)(C)C2)n1. The van der Waals surface area contributed by atoms with Crippen LogP contribution in [0.1, 0.15) is 74.1 Å². The van der Waals surface area contributed by atoms with E-state index in [1.807, 2.05) is 7.05 Å². The number of rotatable bonds is 5. The molecule has 0 saturated carbocycles. The lowest BCUT2D eigenvalue weighted by Crippen LogP contribution is -2.62. The molecule has 3 rings (SSSR count). The Morgan fingerprint density at radius 2 is 1.29 bits per heavy atom. The van der Waals surface area contributed by atoms with Crippen molar-refractivity contribution < 1.29 is 0 Å². The van der Waals surface area contributed by atoms with Gasteiger partial charge < -0.3 is 25.8 Å². The van der Waals surface area contributed by atoms with Gasteiger partial charge in [-0.15, -0.1) is 0 Å². The van der Waals surface area contributed by atoms with Gasteiger partial charge in [0.1, 0.15) is 0 Å². The van der Waals surface area contributed by atoms with Crippen LogP contribution in [0.4, 0.5) is 17.8 Å². The smallest absolute Gasteiger partial charge is 0.231 e. The molecule has 0 bridgehead atoms. The minimum absolute atomic E-state index is 0.0655. The molecule has 0 aromatic carbocycles. The number of aromatic nitrogens is 3. The summed E-state index contributed by atoms with van der Waals surface area (Å²) in [7, 11) is 6.11. The lowest BCUT2D eigenvalue weighted by Gasteiger charge is -2.49. The first-order chi connectivity index (χ1) is 14.2. The van der Waals surface area contributed by atoms with Gasteiger partial charge in [0.2, 0.25) is 17.8 Å². The Kier molecular flexibility index (Phi) is 6.46. The molecule has 0 spiro atoms. The summed E-state index contributed by atoms with van der Waals surface area (Å²) in [4.78, 5) is 18.9. The zero-order valence-electron chi connectivity index (χ0n) is 21.3. The maximum absolute atomic E-state index is 4.95. The van der Waals surface area contributed by atoms with Crippen molar-refractivity contribution in [1.82, 2.24) is 25.6 Å². The van der Waals surface area contributed by atoms with E-state index in [0.717, 1.165) is 37.6 Å². The molecule has 3 heterocycles. The maximum Gasteiger partial charge on any atom is 0.231 e. The summed E-state index contributed by atoms with van der Waals surface area (Å²) in [6, 6.07) is 1.20. The molecule has 3 N–H and O–H groups in total.